The summed E-state index contributed by atoms with van der Waals surface area (Å²) in [5.74, 6) is -0.786. The number of primary amides is 1. The molecule has 0 bridgehead atoms. The molecule has 7 nitrogen and oxygen atoms in total. The number of nitrogens with one attached hydrogen (secondary N) is 1. The van der Waals surface area contributed by atoms with Gasteiger partial charge < -0.3 is 20.6 Å². The summed E-state index contributed by atoms with van der Waals surface area (Å²) in [7, 11) is 0. The lowest BCUT2D eigenvalue weighted by atomic mass is 10.0. The molecule has 2 aromatic carbocycles. The van der Waals surface area contributed by atoms with Crippen molar-refractivity contribution in [3.63, 3.8) is 0 Å². The first-order valence-corrected chi connectivity index (χ1v) is 9.60. The first-order chi connectivity index (χ1) is 14.0. The van der Waals surface area contributed by atoms with E-state index in [1.54, 1.807) is 11.1 Å². The van der Waals surface area contributed by atoms with Gasteiger partial charge in [0.1, 0.15) is 18.4 Å². The van der Waals surface area contributed by atoms with Gasteiger partial charge in [0.2, 0.25) is 5.91 Å². The minimum Gasteiger partial charge on any atom is -0.489 e. The van der Waals surface area contributed by atoms with Crippen molar-refractivity contribution >= 4 is 22.8 Å². The molecule has 1 aliphatic rings. The molecule has 2 heterocycles. The summed E-state index contributed by atoms with van der Waals surface area (Å²) in [6, 6.07) is 13.9. The van der Waals surface area contributed by atoms with Crippen molar-refractivity contribution in [3.8, 4) is 5.75 Å². The largest absolute Gasteiger partial charge is 0.489 e. The fourth-order valence-corrected chi connectivity index (χ4v) is 4.04. The highest BCUT2D eigenvalue weighted by atomic mass is 16.5. The molecule has 1 aliphatic heterocycles. The van der Waals surface area contributed by atoms with Gasteiger partial charge in [-0.2, -0.15) is 0 Å². The number of aromatic amines is 1. The molecule has 1 fully saturated rings. The number of carboxylic acid groups (broad SMARTS) is 1. The highest BCUT2D eigenvalue weighted by molar-refractivity contribution is 5.90. The van der Waals surface area contributed by atoms with E-state index in [9.17, 15) is 14.7 Å². The van der Waals surface area contributed by atoms with E-state index in [1.165, 1.54) is 0 Å². The number of aliphatic carboxylic acids is 1. The number of hydrogen-bond acceptors (Lipinski definition) is 4. The van der Waals surface area contributed by atoms with E-state index < -0.39 is 24.0 Å². The van der Waals surface area contributed by atoms with Gasteiger partial charge in [-0.15, -0.1) is 0 Å². The maximum absolute atomic E-state index is 12.1. The lowest BCUT2D eigenvalue weighted by Gasteiger charge is -2.28. The van der Waals surface area contributed by atoms with Crippen LogP contribution in [0, 0.1) is 0 Å². The van der Waals surface area contributed by atoms with Crippen LogP contribution in [0.1, 0.15) is 30.0 Å². The maximum atomic E-state index is 12.1. The van der Waals surface area contributed by atoms with Crippen molar-refractivity contribution in [2.45, 2.75) is 31.5 Å². The third-order valence-corrected chi connectivity index (χ3v) is 5.42. The first-order valence-electron chi connectivity index (χ1n) is 9.60. The number of aromatic nitrogens is 1. The SMILES string of the molecule is NC(=O)[C@@H]1CCCN1C(C(=O)O)c1c[nH]c2cc(OCc3ccccc3)ccc12. The molecule has 1 unspecified atom stereocenters. The Bertz CT molecular complexity index is 1030. The number of fused-ring (bicyclic) bond motifs is 1. The Morgan fingerprint density at radius 3 is 2.76 bits per heavy atom. The first kappa shape index (κ1) is 19.0. The van der Waals surface area contributed by atoms with E-state index in [2.05, 4.69) is 4.98 Å². The quantitative estimate of drug-likeness (QED) is 0.572. The molecule has 0 radical (unpaired) electrons. The van der Waals surface area contributed by atoms with E-state index in [4.69, 9.17) is 10.5 Å². The van der Waals surface area contributed by atoms with E-state index in [1.807, 2.05) is 48.5 Å². The maximum Gasteiger partial charge on any atom is 0.325 e. The standard InChI is InChI=1S/C22H23N3O4/c23-21(26)19-7-4-10-25(19)20(22(27)28)17-12-24-18-11-15(8-9-16(17)18)29-13-14-5-2-1-3-6-14/h1-3,5-6,8-9,11-12,19-20,24H,4,7,10,13H2,(H2,23,26)(H,27,28)/t19-,20?/m0/s1. The summed E-state index contributed by atoms with van der Waals surface area (Å²) in [4.78, 5) is 28.7. The molecule has 0 aliphatic carbocycles. The zero-order valence-corrected chi connectivity index (χ0v) is 15.9. The van der Waals surface area contributed by atoms with Gasteiger partial charge >= 0.3 is 5.97 Å². The third-order valence-electron chi connectivity index (χ3n) is 5.42. The Morgan fingerprint density at radius 1 is 1.24 bits per heavy atom. The number of likely N-dealkylation sites (tertiary alicyclic amines) is 1. The Morgan fingerprint density at radius 2 is 2.03 bits per heavy atom. The fraction of sp³-hybridized carbons (Fsp3) is 0.273. The number of carbonyl (C=O) groups excluding carboxylic acids is 1. The van der Waals surface area contributed by atoms with Crippen LogP contribution in [0.3, 0.4) is 0 Å². The summed E-state index contributed by atoms with van der Waals surface area (Å²) < 4.78 is 5.86. The molecule has 29 heavy (non-hydrogen) atoms. The van der Waals surface area contributed by atoms with Crippen molar-refractivity contribution in [2.75, 3.05) is 6.54 Å². The number of ether oxygens (including phenoxy) is 1. The van der Waals surface area contributed by atoms with Crippen molar-refractivity contribution in [2.24, 2.45) is 5.73 Å². The molecule has 0 saturated carbocycles. The van der Waals surface area contributed by atoms with Crippen LogP contribution in [0.5, 0.6) is 5.75 Å². The van der Waals surface area contributed by atoms with Gasteiger partial charge in [0.25, 0.3) is 0 Å². The molecule has 1 aromatic heterocycles. The molecule has 2 atom stereocenters. The number of carboxylic acids is 1. The lowest BCUT2D eigenvalue weighted by Crippen LogP contribution is -2.44. The number of nitrogens with two attached hydrogens (primary N) is 1. The number of hydrogen-bond donors (Lipinski definition) is 3. The average Bonchev–Trinajstić information content (AvgIpc) is 3.35. The highest BCUT2D eigenvalue weighted by Crippen LogP contribution is 2.35. The molecule has 1 amide bonds. The minimum atomic E-state index is -0.997. The zero-order chi connectivity index (χ0) is 20.4. The summed E-state index contributed by atoms with van der Waals surface area (Å²) in [5.41, 5.74) is 7.97. The van der Waals surface area contributed by atoms with Crippen LogP contribution < -0.4 is 10.5 Å². The Labute approximate surface area is 168 Å². The Kier molecular flexibility index (Phi) is 5.22. The number of rotatable bonds is 7. The van der Waals surface area contributed by atoms with E-state index in [0.717, 1.165) is 22.9 Å². The third kappa shape index (κ3) is 3.82. The lowest BCUT2D eigenvalue weighted by molar-refractivity contribution is -0.144. The molecule has 7 heteroatoms. The Balaban J connectivity index is 1.60. The van der Waals surface area contributed by atoms with Crippen LogP contribution >= 0.6 is 0 Å². The van der Waals surface area contributed by atoms with Gasteiger partial charge in [-0.25, -0.2) is 0 Å². The minimum absolute atomic E-state index is 0.450. The van der Waals surface area contributed by atoms with Crippen molar-refractivity contribution in [3.05, 3.63) is 65.9 Å². The van der Waals surface area contributed by atoms with Gasteiger partial charge in [-0.05, 0) is 30.5 Å². The van der Waals surface area contributed by atoms with E-state index >= 15 is 0 Å². The summed E-state index contributed by atoms with van der Waals surface area (Å²) >= 11 is 0. The molecule has 4 rings (SSSR count). The molecule has 150 valence electrons. The Hall–Kier alpha value is -3.32. The van der Waals surface area contributed by atoms with Gasteiger partial charge in [-0.1, -0.05) is 30.3 Å². The second-order valence-electron chi connectivity index (χ2n) is 7.26. The van der Waals surface area contributed by atoms with Crippen LogP contribution in [0.2, 0.25) is 0 Å². The second-order valence-corrected chi connectivity index (χ2v) is 7.26. The smallest absolute Gasteiger partial charge is 0.325 e. The zero-order valence-electron chi connectivity index (χ0n) is 15.9. The van der Waals surface area contributed by atoms with Gasteiger partial charge in [0.15, 0.2) is 0 Å². The summed E-state index contributed by atoms with van der Waals surface area (Å²) in [6.07, 6.45) is 3.02. The normalized spacial score (nSPS) is 18.0. The van der Waals surface area contributed by atoms with E-state index in [0.29, 0.717) is 30.9 Å². The van der Waals surface area contributed by atoms with Crippen LogP contribution in [0.4, 0.5) is 0 Å². The van der Waals surface area contributed by atoms with Crippen LogP contribution in [0.25, 0.3) is 10.9 Å². The molecular formula is C22H23N3O4. The van der Waals surface area contributed by atoms with E-state index in [-0.39, 0.29) is 0 Å². The monoisotopic (exact) mass is 393 g/mol. The van der Waals surface area contributed by atoms with Crippen molar-refractivity contribution in [1.82, 2.24) is 9.88 Å². The van der Waals surface area contributed by atoms with Crippen molar-refractivity contribution in [1.29, 1.82) is 0 Å². The number of amides is 1. The molecule has 4 N–H and O–H groups in total. The van der Waals surface area contributed by atoms with Gasteiger partial charge in [0.05, 0.1) is 6.04 Å². The summed E-state index contributed by atoms with van der Waals surface area (Å²) in [6.45, 7) is 0.973. The molecule has 0 spiro atoms. The number of benzene rings is 2. The van der Waals surface area contributed by atoms with Gasteiger partial charge in [-0.3, -0.25) is 14.5 Å². The predicted molar refractivity (Wildman–Crippen MR) is 108 cm³/mol. The topological polar surface area (TPSA) is 109 Å². The molecule has 3 aromatic rings. The number of carbonyl (C=O) groups is 2. The van der Waals surface area contributed by atoms with Gasteiger partial charge in [0, 0.05) is 35.3 Å². The second kappa shape index (κ2) is 7.97. The highest BCUT2D eigenvalue weighted by Gasteiger charge is 2.39. The fourth-order valence-electron chi connectivity index (χ4n) is 4.04. The van der Waals surface area contributed by atoms with Crippen LogP contribution in [0.15, 0.2) is 54.7 Å². The van der Waals surface area contributed by atoms with Crippen molar-refractivity contribution < 1.29 is 19.4 Å². The predicted octanol–water partition coefficient (Wildman–Crippen LogP) is 2.82. The number of nitrogens with zero attached hydrogens (tertiary/aromatic N) is 1. The average molecular weight is 393 g/mol. The molecular weight excluding hydrogens is 370 g/mol. The summed E-state index contributed by atoms with van der Waals surface area (Å²) in [5, 5.41) is 10.7. The molecule has 1 saturated heterocycles. The van der Waals surface area contributed by atoms with Crippen LogP contribution in [-0.4, -0.2) is 39.5 Å². The number of H-pyrrole nitrogens is 1. The van der Waals surface area contributed by atoms with Crippen LogP contribution in [-0.2, 0) is 16.2 Å².